The van der Waals surface area contributed by atoms with Crippen molar-refractivity contribution in [3.8, 4) is 0 Å². The van der Waals surface area contributed by atoms with Crippen LogP contribution in [-0.2, 0) is 11.3 Å². The molecule has 0 unspecified atom stereocenters. The molecule has 1 saturated carbocycles. The zero-order valence-electron chi connectivity index (χ0n) is 16.9. The summed E-state index contributed by atoms with van der Waals surface area (Å²) in [6.45, 7) is 4.24. The fraction of sp³-hybridized carbons (Fsp3) is 0.571. The molecule has 2 aliphatic rings. The molecule has 5 rings (SSSR count). The Kier molecular flexibility index (Phi) is 4.77. The van der Waals surface area contributed by atoms with Gasteiger partial charge in [0, 0.05) is 36.7 Å². The van der Waals surface area contributed by atoms with Crippen LogP contribution in [0.25, 0.3) is 5.65 Å². The van der Waals surface area contributed by atoms with Gasteiger partial charge in [0.05, 0.1) is 17.9 Å². The van der Waals surface area contributed by atoms with Gasteiger partial charge < -0.3 is 4.90 Å². The molecule has 0 aromatic carbocycles. The highest BCUT2D eigenvalue weighted by Crippen LogP contribution is 2.32. The second-order valence-electron chi connectivity index (χ2n) is 8.37. The van der Waals surface area contributed by atoms with E-state index in [9.17, 15) is 4.79 Å². The van der Waals surface area contributed by atoms with E-state index in [2.05, 4.69) is 26.0 Å². The monoisotopic (exact) mass is 393 g/mol. The van der Waals surface area contributed by atoms with Gasteiger partial charge in [-0.15, -0.1) is 0 Å². The first-order valence-electron chi connectivity index (χ1n) is 10.6. The Morgan fingerprint density at radius 2 is 2.07 bits per heavy atom. The highest BCUT2D eigenvalue weighted by atomic mass is 16.2. The van der Waals surface area contributed by atoms with Crippen molar-refractivity contribution >= 4 is 11.6 Å². The van der Waals surface area contributed by atoms with Crippen LogP contribution in [0.2, 0.25) is 0 Å². The van der Waals surface area contributed by atoms with Crippen molar-refractivity contribution in [1.82, 2.24) is 34.3 Å². The minimum absolute atomic E-state index is 0.237. The number of aryl methyl sites for hydroxylation is 1. The third-order valence-corrected chi connectivity index (χ3v) is 6.50. The van der Waals surface area contributed by atoms with E-state index in [1.807, 2.05) is 17.6 Å². The minimum Gasteiger partial charge on any atom is -0.342 e. The number of likely N-dealkylation sites (tertiary alicyclic amines) is 1. The van der Waals surface area contributed by atoms with E-state index in [1.54, 1.807) is 11.0 Å². The molecular weight excluding hydrogens is 366 g/mol. The second-order valence-corrected chi connectivity index (χ2v) is 8.37. The van der Waals surface area contributed by atoms with Crippen LogP contribution >= 0.6 is 0 Å². The SMILES string of the molecule is Cc1nn2c([C@H]3CCN(C(=O)C4CCCCC4)C3)ccnc2c1Cn1cncn1. The molecule has 3 aromatic rings. The largest absolute Gasteiger partial charge is 0.342 e. The van der Waals surface area contributed by atoms with Crippen molar-refractivity contribution in [2.45, 2.75) is 57.9 Å². The lowest BCUT2D eigenvalue weighted by Crippen LogP contribution is -2.35. The van der Waals surface area contributed by atoms with Gasteiger partial charge in [-0.2, -0.15) is 10.2 Å². The first kappa shape index (κ1) is 18.3. The van der Waals surface area contributed by atoms with Crippen molar-refractivity contribution in [3.05, 3.63) is 41.9 Å². The molecule has 0 radical (unpaired) electrons. The summed E-state index contributed by atoms with van der Waals surface area (Å²) >= 11 is 0. The summed E-state index contributed by atoms with van der Waals surface area (Å²) in [6.07, 6.45) is 11.9. The number of hydrogen-bond donors (Lipinski definition) is 0. The van der Waals surface area contributed by atoms with Crippen LogP contribution in [0.5, 0.6) is 0 Å². The summed E-state index contributed by atoms with van der Waals surface area (Å²) in [5.74, 6) is 0.897. The predicted octanol–water partition coefficient (Wildman–Crippen LogP) is 2.57. The number of aromatic nitrogens is 6. The molecule has 152 valence electrons. The van der Waals surface area contributed by atoms with Crippen molar-refractivity contribution in [3.63, 3.8) is 0 Å². The Balaban J connectivity index is 1.39. The van der Waals surface area contributed by atoms with E-state index >= 15 is 0 Å². The number of carbonyl (C=O) groups excluding carboxylic acids is 1. The van der Waals surface area contributed by atoms with Crippen LogP contribution in [0.3, 0.4) is 0 Å². The van der Waals surface area contributed by atoms with Crippen LogP contribution in [0.4, 0.5) is 0 Å². The fourth-order valence-electron chi connectivity index (χ4n) is 4.89. The van der Waals surface area contributed by atoms with Crippen LogP contribution in [-0.4, -0.2) is 53.3 Å². The normalized spacial score (nSPS) is 20.6. The number of nitrogens with zero attached hydrogens (tertiary/aromatic N) is 7. The maximum absolute atomic E-state index is 13.0. The van der Waals surface area contributed by atoms with Gasteiger partial charge in [0.1, 0.15) is 12.7 Å². The number of amides is 1. The van der Waals surface area contributed by atoms with Crippen molar-refractivity contribution in [2.75, 3.05) is 13.1 Å². The lowest BCUT2D eigenvalue weighted by Gasteiger charge is -2.26. The summed E-state index contributed by atoms with van der Waals surface area (Å²) in [6, 6.07) is 2.05. The van der Waals surface area contributed by atoms with E-state index in [1.165, 1.54) is 25.6 Å². The summed E-state index contributed by atoms with van der Waals surface area (Å²) in [5, 5.41) is 9.00. The Labute approximate surface area is 169 Å². The van der Waals surface area contributed by atoms with Gasteiger partial charge in [-0.25, -0.2) is 19.2 Å². The molecular formula is C21H27N7O. The maximum atomic E-state index is 13.0. The zero-order chi connectivity index (χ0) is 19.8. The smallest absolute Gasteiger partial charge is 0.225 e. The molecule has 1 aliphatic carbocycles. The predicted molar refractivity (Wildman–Crippen MR) is 107 cm³/mol. The van der Waals surface area contributed by atoms with Crippen LogP contribution in [0.15, 0.2) is 24.9 Å². The molecule has 0 bridgehead atoms. The maximum Gasteiger partial charge on any atom is 0.225 e. The quantitative estimate of drug-likeness (QED) is 0.680. The Morgan fingerprint density at radius 3 is 2.86 bits per heavy atom. The molecule has 3 aromatic heterocycles. The van der Waals surface area contributed by atoms with Crippen LogP contribution < -0.4 is 0 Å². The number of fused-ring (bicyclic) bond motifs is 1. The first-order valence-corrected chi connectivity index (χ1v) is 10.6. The molecule has 0 spiro atoms. The highest BCUT2D eigenvalue weighted by molar-refractivity contribution is 5.79. The average molecular weight is 393 g/mol. The highest BCUT2D eigenvalue weighted by Gasteiger charge is 2.33. The fourth-order valence-corrected chi connectivity index (χ4v) is 4.89. The van der Waals surface area contributed by atoms with E-state index < -0.39 is 0 Å². The Bertz CT molecular complexity index is 1000. The second kappa shape index (κ2) is 7.57. The number of carbonyl (C=O) groups is 1. The third-order valence-electron chi connectivity index (χ3n) is 6.50. The van der Waals surface area contributed by atoms with E-state index in [0.29, 0.717) is 18.4 Å². The topological polar surface area (TPSA) is 81.2 Å². The Morgan fingerprint density at radius 1 is 1.21 bits per heavy atom. The van der Waals surface area contributed by atoms with E-state index in [4.69, 9.17) is 5.10 Å². The number of hydrogen-bond acceptors (Lipinski definition) is 5. The molecule has 1 aliphatic heterocycles. The van der Waals surface area contributed by atoms with Gasteiger partial charge in [0.25, 0.3) is 0 Å². The summed E-state index contributed by atoms with van der Waals surface area (Å²) in [4.78, 5) is 23.7. The molecule has 1 amide bonds. The van der Waals surface area contributed by atoms with Crippen molar-refractivity contribution in [2.24, 2.45) is 5.92 Å². The van der Waals surface area contributed by atoms with E-state index in [0.717, 1.165) is 55.0 Å². The van der Waals surface area contributed by atoms with Gasteiger partial charge in [-0.1, -0.05) is 19.3 Å². The standard InChI is InChI=1S/C21H27N7O/c1-15-18(12-27-14-22-13-24-27)20-23-9-7-19(28(20)25-15)17-8-10-26(11-17)21(29)16-5-3-2-4-6-16/h7,9,13-14,16-17H,2-6,8,10-12H2,1H3/t17-/m0/s1. The lowest BCUT2D eigenvalue weighted by atomic mass is 9.88. The third kappa shape index (κ3) is 3.41. The van der Waals surface area contributed by atoms with Crippen LogP contribution in [0, 0.1) is 12.8 Å². The van der Waals surface area contributed by atoms with Gasteiger partial charge in [-0.05, 0) is 32.3 Å². The molecule has 0 N–H and O–H groups in total. The average Bonchev–Trinajstić information content (AvgIpc) is 3.50. The van der Waals surface area contributed by atoms with E-state index in [-0.39, 0.29) is 5.92 Å². The Hall–Kier alpha value is -2.77. The molecule has 8 heteroatoms. The molecule has 4 heterocycles. The van der Waals surface area contributed by atoms with Gasteiger partial charge in [-0.3, -0.25) is 4.79 Å². The molecule has 1 saturated heterocycles. The summed E-state index contributed by atoms with van der Waals surface area (Å²) < 4.78 is 3.76. The van der Waals surface area contributed by atoms with Gasteiger partial charge in [0.15, 0.2) is 5.65 Å². The number of rotatable bonds is 4. The summed E-state index contributed by atoms with van der Waals surface area (Å²) in [5.41, 5.74) is 4.02. The molecule has 29 heavy (non-hydrogen) atoms. The molecule has 1 atom stereocenters. The van der Waals surface area contributed by atoms with Crippen molar-refractivity contribution < 1.29 is 4.79 Å². The molecule has 8 nitrogen and oxygen atoms in total. The zero-order valence-corrected chi connectivity index (χ0v) is 16.9. The van der Waals surface area contributed by atoms with Crippen LogP contribution in [0.1, 0.15) is 61.4 Å². The summed E-state index contributed by atoms with van der Waals surface area (Å²) in [7, 11) is 0. The molecule has 2 fully saturated rings. The lowest BCUT2D eigenvalue weighted by molar-refractivity contribution is -0.135. The van der Waals surface area contributed by atoms with Gasteiger partial charge in [0.2, 0.25) is 5.91 Å². The van der Waals surface area contributed by atoms with Crippen molar-refractivity contribution in [1.29, 1.82) is 0 Å². The first-order chi connectivity index (χ1) is 14.2. The minimum atomic E-state index is 0.237. The van der Waals surface area contributed by atoms with Gasteiger partial charge >= 0.3 is 0 Å².